The second kappa shape index (κ2) is 6.97. The van der Waals surface area contributed by atoms with Crippen LogP contribution in [-0.2, 0) is 9.47 Å². The summed E-state index contributed by atoms with van der Waals surface area (Å²) < 4.78 is 10.5. The van der Waals surface area contributed by atoms with Gasteiger partial charge in [-0.25, -0.2) is 0 Å². The van der Waals surface area contributed by atoms with E-state index in [2.05, 4.69) is 10.6 Å². The number of hydrogen-bond donors (Lipinski definition) is 3. The van der Waals surface area contributed by atoms with Crippen LogP contribution in [0.1, 0.15) is 33.6 Å². The highest BCUT2D eigenvalue weighted by molar-refractivity contribution is 6.01. The first-order valence-corrected chi connectivity index (χ1v) is 7.79. The molecule has 1 aromatic carbocycles. The zero-order valence-electron chi connectivity index (χ0n) is 12.8. The van der Waals surface area contributed by atoms with Crippen molar-refractivity contribution in [1.29, 1.82) is 0 Å². The van der Waals surface area contributed by atoms with Crippen molar-refractivity contribution in [2.45, 2.75) is 24.9 Å². The van der Waals surface area contributed by atoms with Gasteiger partial charge in [0.05, 0.1) is 25.3 Å². The third kappa shape index (κ3) is 4.00. The summed E-state index contributed by atoms with van der Waals surface area (Å²) in [6, 6.07) is 4.72. The Morgan fingerprint density at radius 3 is 1.78 bits per heavy atom. The Morgan fingerprint density at radius 1 is 0.913 bits per heavy atom. The molecule has 2 heterocycles. The molecule has 0 aromatic heterocycles. The molecule has 0 spiro atoms. The molecule has 2 aliphatic heterocycles. The number of ether oxygens (including phenoxy) is 2. The summed E-state index contributed by atoms with van der Waals surface area (Å²) in [5.41, 5.74) is 6.98. The fourth-order valence-corrected chi connectivity index (χ4v) is 2.75. The van der Waals surface area contributed by atoms with Gasteiger partial charge in [0.1, 0.15) is 0 Å². The topological polar surface area (TPSA) is 103 Å². The second-order valence-corrected chi connectivity index (χ2v) is 5.91. The Morgan fingerprint density at radius 2 is 1.39 bits per heavy atom. The molecule has 2 atom stereocenters. The minimum Gasteiger partial charge on any atom is -0.399 e. The second-order valence-electron chi connectivity index (χ2n) is 5.91. The zero-order chi connectivity index (χ0) is 16.2. The quantitative estimate of drug-likeness (QED) is 0.693. The first-order valence-electron chi connectivity index (χ1n) is 7.79. The summed E-state index contributed by atoms with van der Waals surface area (Å²) >= 11 is 0. The summed E-state index contributed by atoms with van der Waals surface area (Å²) in [6.07, 6.45) is 1.59. The number of carbonyl (C=O) groups is 2. The van der Waals surface area contributed by atoms with Gasteiger partial charge < -0.3 is 25.8 Å². The first kappa shape index (κ1) is 15.8. The summed E-state index contributed by atoms with van der Waals surface area (Å²) in [5.74, 6) is -0.489. The Bertz CT molecular complexity index is 545. The summed E-state index contributed by atoms with van der Waals surface area (Å²) in [5, 5.41) is 5.78. The van der Waals surface area contributed by atoms with Gasteiger partial charge in [-0.1, -0.05) is 0 Å². The largest absolute Gasteiger partial charge is 0.399 e. The number of nitrogens with one attached hydrogen (secondary N) is 2. The van der Waals surface area contributed by atoms with Crippen molar-refractivity contribution in [3.8, 4) is 0 Å². The monoisotopic (exact) mass is 319 g/mol. The molecular weight excluding hydrogens is 298 g/mol. The van der Waals surface area contributed by atoms with E-state index in [4.69, 9.17) is 15.2 Å². The molecule has 7 heteroatoms. The summed E-state index contributed by atoms with van der Waals surface area (Å²) in [4.78, 5) is 24.6. The van der Waals surface area contributed by atoms with Crippen molar-refractivity contribution < 1.29 is 19.1 Å². The van der Waals surface area contributed by atoms with E-state index in [1.807, 2.05) is 0 Å². The minimum atomic E-state index is -0.244. The first-order chi connectivity index (χ1) is 11.1. The molecule has 2 fully saturated rings. The molecule has 124 valence electrons. The van der Waals surface area contributed by atoms with Gasteiger partial charge >= 0.3 is 0 Å². The van der Waals surface area contributed by atoms with Crippen LogP contribution in [0.15, 0.2) is 18.2 Å². The van der Waals surface area contributed by atoms with Gasteiger partial charge in [-0.05, 0) is 31.0 Å². The third-order valence-corrected chi connectivity index (χ3v) is 4.01. The number of anilines is 1. The van der Waals surface area contributed by atoms with Gasteiger partial charge in [0.25, 0.3) is 11.8 Å². The van der Waals surface area contributed by atoms with Crippen LogP contribution in [0.3, 0.4) is 0 Å². The van der Waals surface area contributed by atoms with E-state index in [0.29, 0.717) is 43.2 Å². The highest BCUT2D eigenvalue weighted by Gasteiger charge is 2.21. The van der Waals surface area contributed by atoms with Gasteiger partial charge in [0.2, 0.25) is 0 Å². The van der Waals surface area contributed by atoms with Crippen LogP contribution >= 0.6 is 0 Å². The van der Waals surface area contributed by atoms with Crippen LogP contribution in [-0.4, -0.2) is 50.3 Å². The number of benzene rings is 1. The number of nitrogen functional groups attached to an aromatic ring is 1. The molecule has 0 saturated carbocycles. The molecule has 0 bridgehead atoms. The van der Waals surface area contributed by atoms with Crippen LogP contribution in [0.4, 0.5) is 5.69 Å². The molecule has 23 heavy (non-hydrogen) atoms. The number of nitrogens with two attached hydrogens (primary N) is 1. The minimum absolute atomic E-state index is 0.0110. The maximum atomic E-state index is 12.3. The fourth-order valence-electron chi connectivity index (χ4n) is 2.75. The molecule has 4 N–H and O–H groups in total. The third-order valence-electron chi connectivity index (χ3n) is 4.01. The molecule has 0 radical (unpaired) electrons. The van der Waals surface area contributed by atoms with Crippen molar-refractivity contribution >= 4 is 17.5 Å². The van der Waals surface area contributed by atoms with E-state index in [-0.39, 0.29) is 23.9 Å². The SMILES string of the molecule is Nc1cc(C(=O)NC2CCOC2)cc(C(=O)NC2CCOC2)c1. The fraction of sp³-hybridized carbons (Fsp3) is 0.500. The molecule has 2 unspecified atom stereocenters. The molecule has 0 aliphatic carbocycles. The lowest BCUT2D eigenvalue weighted by Crippen LogP contribution is -2.36. The van der Waals surface area contributed by atoms with Crippen molar-refractivity contribution in [3.05, 3.63) is 29.3 Å². The number of rotatable bonds is 4. The van der Waals surface area contributed by atoms with E-state index in [0.717, 1.165) is 12.8 Å². The van der Waals surface area contributed by atoms with E-state index >= 15 is 0 Å². The predicted octanol–water partition coefficient (Wildman–Crippen LogP) is 0.306. The van der Waals surface area contributed by atoms with E-state index in [1.54, 1.807) is 18.2 Å². The normalized spacial score (nSPS) is 23.7. The van der Waals surface area contributed by atoms with E-state index < -0.39 is 0 Å². The lowest BCUT2D eigenvalue weighted by Gasteiger charge is -2.14. The molecule has 1 aromatic rings. The summed E-state index contributed by atoms with van der Waals surface area (Å²) in [6.45, 7) is 2.34. The van der Waals surface area contributed by atoms with Crippen LogP contribution in [0.2, 0.25) is 0 Å². The lowest BCUT2D eigenvalue weighted by molar-refractivity contribution is 0.0929. The number of carbonyl (C=O) groups excluding carboxylic acids is 2. The highest BCUT2D eigenvalue weighted by Crippen LogP contribution is 2.14. The van der Waals surface area contributed by atoms with Gasteiger partial charge in [-0.15, -0.1) is 0 Å². The number of amides is 2. The van der Waals surface area contributed by atoms with Crippen LogP contribution < -0.4 is 16.4 Å². The lowest BCUT2D eigenvalue weighted by atomic mass is 10.1. The van der Waals surface area contributed by atoms with Gasteiger partial charge in [-0.3, -0.25) is 9.59 Å². The molecule has 2 amide bonds. The Hall–Kier alpha value is -2.12. The number of hydrogen-bond acceptors (Lipinski definition) is 5. The smallest absolute Gasteiger partial charge is 0.251 e. The highest BCUT2D eigenvalue weighted by atomic mass is 16.5. The summed E-state index contributed by atoms with van der Waals surface area (Å²) in [7, 11) is 0. The van der Waals surface area contributed by atoms with Gasteiger partial charge in [0, 0.05) is 30.0 Å². The van der Waals surface area contributed by atoms with Gasteiger partial charge in [-0.2, -0.15) is 0 Å². The zero-order valence-corrected chi connectivity index (χ0v) is 12.8. The Labute approximate surface area is 134 Å². The van der Waals surface area contributed by atoms with Crippen molar-refractivity contribution in [3.63, 3.8) is 0 Å². The van der Waals surface area contributed by atoms with E-state index in [1.165, 1.54) is 0 Å². The van der Waals surface area contributed by atoms with Crippen molar-refractivity contribution in [2.75, 3.05) is 32.2 Å². The van der Waals surface area contributed by atoms with Crippen molar-refractivity contribution in [2.24, 2.45) is 0 Å². The average molecular weight is 319 g/mol. The van der Waals surface area contributed by atoms with Crippen LogP contribution in [0, 0.1) is 0 Å². The molecule has 2 aliphatic rings. The molecular formula is C16H21N3O4. The average Bonchev–Trinajstić information content (AvgIpc) is 3.20. The molecule has 7 nitrogen and oxygen atoms in total. The Kier molecular flexibility index (Phi) is 4.78. The van der Waals surface area contributed by atoms with E-state index in [9.17, 15) is 9.59 Å². The maximum absolute atomic E-state index is 12.3. The predicted molar refractivity (Wildman–Crippen MR) is 84.2 cm³/mol. The molecule has 3 rings (SSSR count). The van der Waals surface area contributed by atoms with Gasteiger partial charge in [0.15, 0.2) is 0 Å². The Balaban J connectivity index is 1.69. The van der Waals surface area contributed by atoms with Crippen molar-refractivity contribution in [1.82, 2.24) is 10.6 Å². The van der Waals surface area contributed by atoms with Crippen LogP contribution in [0.5, 0.6) is 0 Å². The molecule has 2 saturated heterocycles. The maximum Gasteiger partial charge on any atom is 0.251 e. The van der Waals surface area contributed by atoms with Crippen LogP contribution in [0.25, 0.3) is 0 Å². The standard InChI is InChI=1S/C16H21N3O4/c17-12-6-10(15(20)18-13-1-3-22-8-13)5-11(7-12)16(21)19-14-2-4-23-9-14/h5-7,13-14H,1-4,8-9,17H2,(H,18,20)(H,19,21).